The minimum absolute atomic E-state index is 0.0660. The van der Waals surface area contributed by atoms with E-state index in [0.717, 1.165) is 60.7 Å². The van der Waals surface area contributed by atoms with Crippen LogP contribution >= 0.6 is 24.0 Å². The van der Waals surface area contributed by atoms with E-state index in [2.05, 4.69) is 17.1 Å². The highest BCUT2D eigenvalue weighted by atomic mass is 32.2. The molecule has 180 valence electrons. The van der Waals surface area contributed by atoms with Crippen LogP contribution in [0.2, 0.25) is 0 Å². The maximum Gasteiger partial charge on any atom is 0.266 e. The summed E-state index contributed by atoms with van der Waals surface area (Å²) in [6.07, 6.45) is 10.5. The van der Waals surface area contributed by atoms with E-state index in [1.807, 2.05) is 29.2 Å². The van der Waals surface area contributed by atoms with Crippen molar-refractivity contribution >= 4 is 40.3 Å². The van der Waals surface area contributed by atoms with E-state index in [1.54, 1.807) is 7.11 Å². The van der Waals surface area contributed by atoms with Gasteiger partial charge >= 0.3 is 0 Å². The van der Waals surface area contributed by atoms with Gasteiger partial charge in [0.05, 0.1) is 12.0 Å². The van der Waals surface area contributed by atoms with Crippen molar-refractivity contribution in [1.29, 1.82) is 0 Å². The summed E-state index contributed by atoms with van der Waals surface area (Å²) in [5.74, 6) is 2.25. The van der Waals surface area contributed by atoms with Gasteiger partial charge in [0.25, 0.3) is 5.91 Å². The van der Waals surface area contributed by atoms with E-state index in [-0.39, 0.29) is 18.6 Å². The van der Waals surface area contributed by atoms with Crippen LogP contribution in [0.3, 0.4) is 0 Å². The Morgan fingerprint density at radius 2 is 2.12 bits per heavy atom. The highest BCUT2D eigenvalue weighted by Gasteiger charge is 2.48. The van der Waals surface area contributed by atoms with Gasteiger partial charge in [-0.1, -0.05) is 49.0 Å². The zero-order chi connectivity index (χ0) is 23.7. The molecule has 5 rings (SSSR count). The molecule has 2 heterocycles. The van der Waals surface area contributed by atoms with Crippen LogP contribution in [-0.4, -0.2) is 45.0 Å². The number of aryl methyl sites for hydroxylation is 1. The number of hydrogen-bond donors (Lipinski definition) is 2. The second-order valence-electron chi connectivity index (χ2n) is 9.68. The monoisotopic (exact) mass is 496 g/mol. The van der Waals surface area contributed by atoms with E-state index in [0.29, 0.717) is 15.1 Å². The predicted molar refractivity (Wildman–Crippen MR) is 142 cm³/mol. The molecule has 1 aromatic carbocycles. The number of fused-ring (bicyclic) bond motifs is 2. The molecule has 1 saturated heterocycles. The molecule has 0 spiro atoms. The number of aliphatic hydroxyl groups is 1. The summed E-state index contributed by atoms with van der Waals surface area (Å²) in [5.41, 5.74) is 4.20. The van der Waals surface area contributed by atoms with Crippen LogP contribution in [0.25, 0.3) is 17.3 Å². The normalized spacial score (nSPS) is 25.2. The number of ether oxygens (including phenoxy) is 1. The Hall–Kier alpha value is -2.09. The van der Waals surface area contributed by atoms with Crippen LogP contribution in [0.5, 0.6) is 5.75 Å². The number of carbonyl (C=O) groups excluding carboxylic acids is 1. The number of thiocarbonyl (C=S) groups is 1. The van der Waals surface area contributed by atoms with Gasteiger partial charge in [-0.15, -0.1) is 0 Å². The van der Waals surface area contributed by atoms with E-state index in [1.165, 1.54) is 36.6 Å². The SMILES string of the molecule is COc1cccc(-c2cc(CCCCCO)c(/C=C3\SC(=S)N(C4CC5CCC4C5)C3=O)[nH]2)c1. The maximum absolute atomic E-state index is 13.4. The van der Waals surface area contributed by atoms with Crippen LogP contribution in [0.4, 0.5) is 0 Å². The summed E-state index contributed by atoms with van der Waals surface area (Å²) in [7, 11) is 1.67. The number of methoxy groups -OCH3 is 1. The third-order valence-electron chi connectivity index (χ3n) is 7.55. The Morgan fingerprint density at radius 3 is 2.85 bits per heavy atom. The Morgan fingerprint density at radius 1 is 1.24 bits per heavy atom. The van der Waals surface area contributed by atoms with Crippen LogP contribution in [0, 0.1) is 11.8 Å². The van der Waals surface area contributed by atoms with Crippen molar-refractivity contribution in [3.63, 3.8) is 0 Å². The first-order chi connectivity index (χ1) is 16.6. The molecular weight excluding hydrogens is 464 g/mol. The number of thioether (sulfide) groups is 1. The van der Waals surface area contributed by atoms with E-state index in [4.69, 9.17) is 22.1 Å². The smallest absolute Gasteiger partial charge is 0.266 e. The fourth-order valence-corrected chi connectivity index (χ4v) is 7.18. The minimum Gasteiger partial charge on any atom is -0.497 e. The maximum atomic E-state index is 13.4. The first-order valence-corrected chi connectivity index (χ1v) is 13.5. The standard InChI is InChI=1S/C27H32N2O3S2/c1-32-21-8-5-7-18(14-21)22-15-19(6-3-2-4-11-30)23(28-22)16-25-26(31)29(27(33)34-25)24-13-17-9-10-20(24)12-17/h5,7-8,14-17,20,24,28,30H,2-4,6,9-13H2,1H3/b25-16-. The van der Waals surface area contributed by atoms with Gasteiger partial charge in [0.2, 0.25) is 0 Å². The minimum atomic E-state index is 0.0660. The second-order valence-corrected chi connectivity index (χ2v) is 11.4. The zero-order valence-electron chi connectivity index (χ0n) is 19.6. The summed E-state index contributed by atoms with van der Waals surface area (Å²) in [6, 6.07) is 10.4. The van der Waals surface area contributed by atoms with Crippen molar-refractivity contribution in [2.24, 2.45) is 11.8 Å². The number of rotatable bonds is 9. The Balaban J connectivity index is 1.42. The largest absolute Gasteiger partial charge is 0.497 e. The van der Waals surface area contributed by atoms with Gasteiger partial charge in [0.1, 0.15) is 10.1 Å². The Labute approximate surface area is 211 Å². The molecule has 2 aliphatic carbocycles. The molecule has 5 nitrogen and oxygen atoms in total. The van der Waals surface area contributed by atoms with Crippen molar-refractivity contribution in [3.8, 4) is 17.0 Å². The van der Waals surface area contributed by atoms with Crippen LogP contribution in [0.15, 0.2) is 35.2 Å². The molecular formula is C27H32N2O3S2. The molecule has 1 amide bonds. The van der Waals surface area contributed by atoms with Gasteiger partial charge < -0.3 is 14.8 Å². The van der Waals surface area contributed by atoms with E-state index >= 15 is 0 Å². The molecule has 2 saturated carbocycles. The number of benzene rings is 1. The topological polar surface area (TPSA) is 65.6 Å². The number of amides is 1. The predicted octanol–water partition coefficient (Wildman–Crippen LogP) is 5.79. The van der Waals surface area contributed by atoms with Crippen LogP contribution < -0.4 is 4.74 Å². The van der Waals surface area contributed by atoms with Crippen molar-refractivity contribution in [1.82, 2.24) is 9.88 Å². The van der Waals surface area contributed by atoms with Crippen LogP contribution in [0.1, 0.15) is 56.2 Å². The molecule has 3 fully saturated rings. The number of nitrogens with one attached hydrogen (secondary N) is 1. The van der Waals surface area contributed by atoms with Gasteiger partial charge in [-0.3, -0.25) is 9.69 Å². The van der Waals surface area contributed by atoms with E-state index in [9.17, 15) is 4.79 Å². The van der Waals surface area contributed by atoms with Gasteiger partial charge in [0.15, 0.2) is 0 Å². The summed E-state index contributed by atoms with van der Waals surface area (Å²) in [5, 5.41) is 9.13. The second kappa shape index (κ2) is 10.3. The number of aliphatic hydroxyl groups excluding tert-OH is 1. The first-order valence-electron chi connectivity index (χ1n) is 12.3. The van der Waals surface area contributed by atoms with E-state index < -0.39 is 0 Å². The summed E-state index contributed by atoms with van der Waals surface area (Å²) >= 11 is 7.12. The molecule has 2 N–H and O–H groups in total. The van der Waals surface area contributed by atoms with Gasteiger partial charge in [-0.25, -0.2) is 0 Å². The number of aromatic nitrogens is 1. The average molecular weight is 497 g/mol. The molecule has 2 aromatic rings. The lowest BCUT2D eigenvalue weighted by Crippen LogP contribution is -2.41. The zero-order valence-corrected chi connectivity index (χ0v) is 21.2. The number of carbonyl (C=O) groups is 1. The lowest BCUT2D eigenvalue weighted by atomic mass is 9.94. The van der Waals surface area contributed by atoms with Crippen molar-refractivity contribution in [2.75, 3.05) is 13.7 Å². The number of nitrogens with zero attached hydrogens (tertiary/aromatic N) is 1. The van der Waals surface area contributed by atoms with Crippen LogP contribution in [-0.2, 0) is 11.2 Å². The molecule has 7 heteroatoms. The lowest BCUT2D eigenvalue weighted by Gasteiger charge is -2.30. The summed E-state index contributed by atoms with van der Waals surface area (Å²) < 4.78 is 6.11. The van der Waals surface area contributed by atoms with Gasteiger partial charge in [-0.2, -0.15) is 0 Å². The Kier molecular flexibility index (Phi) is 7.14. The fraction of sp³-hybridized carbons (Fsp3) is 0.481. The number of hydrogen-bond acceptors (Lipinski definition) is 5. The number of aromatic amines is 1. The molecule has 3 atom stereocenters. The molecule has 1 aliphatic heterocycles. The number of unbranched alkanes of at least 4 members (excludes halogenated alkanes) is 2. The third-order valence-corrected chi connectivity index (χ3v) is 8.88. The van der Waals surface area contributed by atoms with Crippen molar-refractivity contribution < 1.29 is 14.6 Å². The van der Waals surface area contributed by atoms with Crippen molar-refractivity contribution in [3.05, 3.63) is 46.5 Å². The van der Waals surface area contributed by atoms with Gasteiger partial charge in [0, 0.05) is 29.6 Å². The Bertz CT molecular complexity index is 1110. The molecule has 0 radical (unpaired) electrons. The quantitative estimate of drug-likeness (QED) is 0.262. The van der Waals surface area contributed by atoms with Crippen molar-refractivity contribution in [2.45, 2.75) is 57.4 Å². The first kappa shape index (κ1) is 23.6. The summed E-state index contributed by atoms with van der Waals surface area (Å²) in [4.78, 5) is 19.6. The molecule has 1 aromatic heterocycles. The average Bonchev–Trinajstić information content (AvgIpc) is 3.62. The third kappa shape index (κ3) is 4.70. The number of H-pyrrole nitrogens is 1. The highest BCUT2D eigenvalue weighted by Crippen LogP contribution is 2.49. The lowest BCUT2D eigenvalue weighted by molar-refractivity contribution is -0.124. The molecule has 3 unspecified atom stereocenters. The van der Waals surface area contributed by atoms with Gasteiger partial charge in [-0.05, 0) is 80.2 Å². The molecule has 3 aliphatic rings. The summed E-state index contributed by atoms with van der Waals surface area (Å²) in [6.45, 7) is 0.223. The highest BCUT2D eigenvalue weighted by molar-refractivity contribution is 8.26. The molecule has 34 heavy (non-hydrogen) atoms. The molecule has 2 bridgehead atoms. The fourth-order valence-electron chi connectivity index (χ4n) is 5.82.